The van der Waals surface area contributed by atoms with Gasteiger partial charge in [-0.3, -0.25) is 9.48 Å². The second-order valence-corrected chi connectivity index (χ2v) is 7.00. The van der Waals surface area contributed by atoms with Crippen LogP contribution in [0.3, 0.4) is 0 Å². The van der Waals surface area contributed by atoms with Crippen LogP contribution in [0.4, 0.5) is 0 Å². The van der Waals surface area contributed by atoms with Crippen LogP contribution in [0.1, 0.15) is 31.7 Å². The summed E-state index contributed by atoms with van der Waals surface area (Å²) in [4.78, 5) is 12.1. The molecule has 1 aliphatic rings. The SMILES string of the molecule is CCn1cc(CC(=O)C2CCCCS2(=O)=O)cn1. The van der Waals surface area contributed by atoms with Gasteiger partial charge >= 0.3 is 0 Å². The number of sulfone groups is 1. The van der Waals surface area contributed by atoms with E-state index in [0.717, 1.165) is 18.5 Å². The van der Waals surface area contributed by atoms with Gasteiger partial charge in [0, 0.05) is 19.2 Å². The summed E-state index contributed by atoms with van der Waals surface area (Å²) >= 11 is 0. The highest BCUT2D eigenvalue weighted by molar-refractivity contribution is 7.92. The Morgan fingerprint density at radius 2 is 2.28 bits per heavy atom. The molecule has 2 heterocycles. The lowest BCUT2D eigenvalue weighted by atomic mass is 10.1. The smallest absolute Gasteiger partial charge is 0.160 e. The first-order chi connectivity index (χ1) is 8.53. The summed E-state index contributed by atoms with van der Waals surface area (Å²) < 4.78 is 25.4. The average molecular weight is 270 g/mol. The number of nitrogens with zero attached hydrogens (tertiary/aromatic N) is 2. The minimum absolute atomic E-state index is 0.150. The number of ketones is 1. The van der Waals surface area contributed by atoms with Gasteiger partial charge in [-0.1, -0.05) is 6.42 Å². The van der Waals surface area contributed by atoms with Crippen molar-refractivity contribution in [2.45, 2.75) is 44.4 Å². The third-order valence-corrected chi connectivity index (χ3v) is 5.55. The average Bonchev–Trinajstić information content (AvgIpc) is 2.76. The summed E-state index contributed by atoms with van der Waals surface area (Å²) in [6, 6.07) is 0. The van der Waals surface area contributed by atoms with Gasteiger partial charge in [-0.15, -0.1) is 0 Å². The minimum Gasteiger partial charge on any atom is -0.298 e. The van der Waals surface area contributed by atoms with Crippen LogP contribution in [0.5, 0.6) is 0 Å². The molecule has 0 aliphatic carbocycles. The molecule has 0 N–H and O–H groups in total. The molecule has 1 atom stereocenters. The number of rotatable bonds is 4. The van der Waals surface area contributed by atoms with Gasteiger partial charge in [0.1, 0.15) is 5.25 Å². The molecule has 0 aromatic carbocycles. The topological polar surface area (TPSA) is 69.0 Å². The van der Waals surface area contributed by atoms with Gasteiger partial charge in [-0.2, -0.15) is 5.10 Å². The molecule has 1 unspecified atom stereocenters. The van der Waals surface area contributed by atoms with E-state index in [0.29, 0.717) is 12.8 Å². The Morgan fingerprint density at radius 3 is 2.89 bits per heavy atom. The van der Waals surface area contributed by atoms with Crippen molar-refractivity contribution in [3.63, 3.8) is 0 Å². The van der Waals surface area contributed by atoms with Gasteiger partial charge < -0.3 is 0 Å². The Balaban J connectivity index is 2.07. The molecule has 1 aliphatic heterocycles. The molecule has 0 saturated carbocycles. The van der Waals surface area contributed by atoms with Crippen molar-refractivity contribution in [2.24, 2.45) is 0 Å². The van der Waals surface area contributed by atoms with Crippen LogP contribution >= 0.6 is 0 Å². The van der Waals surface area contributed by atoms with Crippen molar-refractivity contribution < 1.29 is 13.2 Å². The zero-order chi connectivity index (χ0) is 13.2. The highest BCUT2D eigenvalue weighted by Gasteiger charge is 2.34. The van der Waals surface area contributed by atoms with Gasteiger partial charge in [0.15, 0.2) is 15.6 Å². The lowest BCUT2D eigenvalue weighted by Crippen LogP contribution is -2.36. The number of carbonyl (C=O) groups excluding carboxylic acids is 1. The molecule has 6 heteroatoms. The molecule has 0 radical (unpaired) electrons. The van der Waals surface area contributed by atoms with Crippen molar-refractivity contribution in [1.29, 1.82) is 0 Å². The molecule has 0 spiro atoms. The van der Waals surface area contributed by atoms with Gasteiger partial charge in [-0.05, 0) is 25.3 Å². The van der Waals surface area contributed by atoms with Crippen LogP contribution in [0, 0.1) is 0 Å². The molecular formula is C12H18N2O3S. The molecule has 0 amide bonds. The molecular weight excluding hydrogens is 252 g/mol. The monoisotopic (exact) mass is 270 g/mol. The van der Waals surface area contributed by atoms with E-state index in [-0.39, 0.29) is 18.0 Å². The summed E-state index contributed by atoms with van der Waals surface area (Å²) in [5, 5.41) is 3.29. The van der Waals surface area contributed by atoms with E-state index in [1.807, 2.05) is 6.92 Å². The van der Waals surface area contributed by atoms with Gasteiger partial charge in [0.2, 0.25) is 0 Å². The van der Waals surface area contributed by atoms with Crippen molar-refractivity contribution in [2.75, 3.05) is 5.75 Å². The fourth-order valence-corrected chi connectivity index (χ4v) is 4.20. The first-order valence-corrected chi connectivity index (χ1v) is 8.00. The second-order valence-electron chi connectivity index (χ2n) is 4.70. The van der Waals surface area contributed by atoms with Crippen molar-refractivity contribution in [1.82, 2.24) is 9.78 Å². The predicted octanol–water partition coefficient (Wildman–Crippen LogP) is 0.982. The highest BCUT2D eigenvalue weighted by Crippen LogP contribution is 2.21. The number of hydrogen-bond donors (Lipinski definition) is 0. The first-order valence-electron chi connectivity index (χ1n) is 6.28. The third kappa shape index (κ3) is 2.80. The van der Waals surface area contributed by atoms with Crippen molar-refractivity contribution in [3.05, 3.63) is 18.0 Å². The van der Waals surface area contributed by atoms with Gasteiger partial charge in [-0.25, -0.2) is 8.42 Å². The van der Waals surface area contributed by atoms with Gasteiger partial charge in [0.25, 0.3) is 0 Å². The summed E-state index contributed by atoms with van der Waals surface area (Å²) in [6.07, 6.45) is 5.58. The van der Waals surface area contributed by atoms with Crippen LogP contribution in [-0.2, 0) is 27.6 Å². The van der Waals surface area contributed by atoms with E-state index in [2.05, 4.69) is 5.10 Å². The summed E-state index contributed by atoms with van der Waals surface area (Å²) in [6.45, 7) is 2.71. The number of hydrogen-bond acceptors (Lipinski definition) is 4. The van der Waals surface area contributed by atoms with Crippen LogP contribution < -0.4 is 0 Å². The van der Waals surface area contributed by atoms with E-state index in [9.17, 15) is 13.2 Å². The lowest BCUT2D eigenvalue weighted by Gasteiger charge is -2.20. The molecule has 0 bridgehead atoms. The maximum absolute atomic E-state index is 12.1. The van der Waals surface area contributed by atoms with Crippen molar-refractivity contribution >= 4 is 15.6 Å². The molecule has 1 saturated heterocycles. The Kier molecular flexibility index (Phi) is 3.85. The molecule has 100 valence electrons. The normalized spacial score (nSPS) is 22.8. The zero-order valence-corrected chi connectivity index (χ0v) is 11.3. The Labute approximate surface area is 107 Å². The van der Waals surface area contributed by atoms with Crippen LogP contribution in [0.15, 0.2) is 12.4 Å². The van der Waals surface area contributed by atoms with Crippen LogP contribution in [-0.4, -0.2) is 35.0 Å². The van der Waals surface area contributed by atoms with Crippen LogP contribution in [0.25, 0.3) is 0 Å². The predicted molar refractivity (Wildman–Crippen MR) is 68.0 cm³/mol. The largest absolute Gasteiger partial charge is 0.298 e. The minimum atomic E-state index is -3.22. The molecule has 1 fully saturated rings. The first kappa shape index (κ1) is 13.3. The lowest BCUT2D eigenvalue weighted by molar-refractivity contribution is -0.118. The Bertz CT molecular complexity index is 533. The standard InChI is InChI=1S/C12H18N2O3S/c1-2-14-9-10(8-13-14)7-11(15)12-5-3-4-6-18(12,16)17/h8-9,12H,2-7H2,1H3. The maximum atomic E-state index is 12.1. The molecule has 2 rings (SSSR count). The maximum Gasteiger partial charge on any atom is 0.160 e. The van der Waals surface area contributed by atoms with E-state index in [1.165, 1.54) is 0 Å². The van der Waals surface area contributed by atoms with E-state index in [1.54, 1.807) is 17.1 Å². The van der Waals surface area contributed by atoms with Crippen molar-refractivity contribution in [3.8, 4) is 0 Å². The van der Waals surface area contributed by atoms with E-state index < -0.39 is 15.1 Å². The number of aryl methyl sites for hydroxylation is 1. The summed E-state index contributed by atoms with van der Waals surface area (Å²) in [5.74, 6) is -0.0391. The molecule has 18 heavy (non-hydrogen) atoms. The fourth-order valence-electron chi connectivity index (χ4n) is 2.30. The van der Waals surface area contributed by atoms with Gasteiger partial charge in [0.05, 0.1) is 11.9 Å². The highest BCUT2D eigenvalue weighted by atomic mass is 32.2. The fraction of sp³-hybridized carbons (Fsp3) is 0.667. The number of carbonyl (C=O) groups is 1. The summed E-state index contributed by atoms with van der Waals surface area (Å²) in [7, 11) is -3.22. The number of Topliss-reactive ketones (excluding diaryl/α,β-unsaturated/α-hetero) is 1. The summed E-state index contributed by atoms with van der Waals surface area (Å²) in [5.41, 5.74) is 0.794. The Morgan fingerprint density at radius 1 is 1.50 bits per heavy atom. The number of aromatic nitrogens is 2. The van der Waals surface area contributed by atoms with E-state index >= 15 is 0 Å². The second kappa shape index (κ2) is 5.22. The quantitative estimate of drug-likeness (QED) is 0.818. The molecule has 5 nitrogen and oxygen atoms in total. The van der Waals surface area contributed by atoms with E-state index in [4.69, 9.17) is 0 Å². The molecule has 1 aromatic rings. The zero-order valence-electron chi connectivity index (χ0n) is 10.5. The Hall–Kier alpha value is -1.17. The van der Waals surface area contributed by atoms with Crippen LogP contribution in [0.2, 0.25) is 0 Å². The third-order valence-electron chi connectivity index (χ3n) is 3.33. The molecule has 1 aromatic heterocycles.